The Kier molecular flexibility index (Phi) is 3.87. The van der Waals surface area contributed by atoms with Crippen molar-refractivity contribution in [3.63, 3.8) is 0 Å². The maximum absolute atomic E-state index is 11.6. The molecule has 4 nitrogen and oxygen atoms in total. The molecular formula is C14H19NO3. The molecule has 1 amide bonds. The van der Waals surface area contributed by atoms with Gasteiger partial charge in [0.05, 0.1) is 13.2 Å². The van der Waals surface area contributed by atoms with E-state index in [1.807, 2.05) is 31.2 Å². The van der Waals surface area contributed by atoms with Crippen molar-refractivity contribution in [2.75, 3.05) is 26.4 Å². The highest BCUT2D eigenvalue weighted by Crippen LogP contribution is 2.24. The number of hydrogen-bond acceptors (Lipinski definition) is 3. The summed E-state index contributed by atoms with van der Waals surface area (Å²) in [6.07, 6.45) is 0. The van der Waals surface area contributed by atoms with E-state index in [0.717, 1.165) is 11.3 Å². The Bertz CT molecular complexity index is 427. The van der Waals surface area contributed by atoms with Crippen molar-refractivity contribution in [1.29, 1.82) is 0 Å². The van der Waals surface area contributed by atoms with Gasteiger partial charge < -0.3 is 14.8 Å². The minimum atomic E-state index is -0.0929. The number of carbonyl (C=O) groups excluding carboxylic acids is 1. The van der Waals surface area contributed by atoms with Crippen LogP contribution in [0.5, 0.6) is 5.75 Å². The molecule has 0 radical (unpaired) electrons. The monoisotopic (exact) mass is 249 g/mol. The topological polar surface area (TPSA) is 47.6 Å². The van der Waals surface area contributed by atoms with Gasteiger partial charge in [-0.2, -0.15) is 0 Å². The van der Waals surface area contributed by atoms with Crippen LogP contribution in [0.3, 0.4) is 0 Å². The normalized spacial score (nSPS) is 16.8. The molecule has 0 bridgehead atoms. The van der Waals surface area contributed by atoms with Crippen molar-refractivity contribution < 1.29 is 14.3 Å². The fraction of sp³-hybridized carbons (Fsp3) is 0.500. The van der Waals surface area contributed by atoms with Crippen LogP contribution in [0.1, 0.15) is 12.5 Å². The zero-order chi connectivity index (χ0) is 13.0. The van der Waals surface area contributed by atoms with E-state index in [4.69, 9.17) is 9.47 Å². The quantitative estimate of drug-likeness (QED) is 0.860. The van der Waals surface area contributed by atoms with Gasteiger partial charge in [0.25, 0.3) is 5.91 Å². The van der Waals surface area contributed by atoms with Crippen molar-refractivity contribution in [1.82, 2.24) is 5.32 Å². The largest absolute Gasteiger partial charge is 0.484 e. The molecule has 1 fully saturated rings. The van der Waals surface area contributed by atoms with E-state index in [9.17, 15) is 4.79 Å². The Morgan fingerprint density at radius 2 is 2.28 bits per heavy atom. The summed E-state index contributed by atoms with van der Waals surface area (Å²) < 4.78 is 10.6. The van der Waals surface area contributed by atoms with Gasteiger partial charge in [-0.05, 0) is 24.6 Å². The Hall–Kier alpha value is -1.55. The molecule has 1 aliphatic rings. The average Bonchev–Trinajstić information content (AvgIpc) is 2.31. The first-order valence-corrected chi connectivity index (χ1v) is 6.11. The lowest BCUT2D eigenvalue weighted by atomic mass is 9.89. The number of aryl methyl sites for hydroxylation is 1. The van der Waals surface area contributed by atoms with Crippen molar-refractivity contribution in [3.05, 3.63) is 29.8 Å². The van der Waals surface area contributed by atoms with Gasteiger partial charge in [0.2, 0.25) is 0 Å². The minimum absolute atomic E-state index is 0.0559. The van der Waals surface area contributed by atoms with Crippen LogP contribution in [0.2, 0.25) is 0 Å². The van der Waals surface area contributed by atoms with E-state index < -0.39 is 0 Å². The number of ether oxygens (including phenoxy) is 2. The van der Waals surface area contributed by atoms with Gasteiger partial charge in [-0.15, -0.1) is 0 Å². The van der Waals surface area contributed by atoms with Crippen LogP contribution in [-0.4, -0.2) is 32.3 Å². The molecule has 4 heteroatoms. The maximum Gasteiger partial charge on any atom is 0.257 e. The molecule has 1 aliphatic heterocycles. The fourth-order valence-corrected chi connectivity index (χ4v) is 1.77. The molecule has 1 aromatic rings. The molecule has 1 N–H and O–H groups in total. The Morgan fingerprint density at radius 1 is 1.50 bits per heavy atom. The van der Waals surface area contributed by atoms with Gasteiger partial charge in [-0.1, -0.05) is 19.1 Å². The van der Waals surface area contributed by atoms with Crippen LogP contribution < -0.4 is 10.1 Å². The molecule has 0 atom stereocenters. The standard InChI is InChI=1S/C14H19NO3/c1-11-4-3-5-12(6-11)18-7-13(16)15-8-14(2)9-17-10-14/h3-6H,7-10H2,1-2H3,(H,15,16). The number of benzene rings is 1. The summed E-state index contributed by atoms with van der Waals surface area (Å²) in [6, 6.07) is 7.66. The van der Waals surface area contributed by atoms with E-state index in [1.165, 1.54) is 0 Å². The Balaban J connectivity index is 1.71. The van der Waals surface area contributed by atoms with Gasteiger partial charge in [0.15, 0.2) is 6.61 Å². The second-order valence-electron chi connectivity index (χ2n) is 5.19. The first-order chi connectivity index (χ1) is 8.57. The summed E-state index contributed by atoms with van der Waals surface area (Å²) in [7, 11) is 0. The SMILES string of the molecule is Cc1cccc(OCC(=O)NCC2(C)COC2)c1. The lowest BCUT2D eigenvalue weighted by Crippen LogP contribution is -2.49. The molecule has 18 heavy (non-hydrogen) atoms. The molecule has 0 aliphatic carbocycles. The van der Waals surface area contributed by atoms with Gasteiger partial charge in [0, 0.05) is 12.0 Å². The predicted octanol–water partition coefficient (Wildman–Crippen LogP) is 1.53. The van der Waals surface area contributed by atoms with Gasteiger partial charge in [-0.3, -0.25) is 4.79 Å². The number of amides is 1. The van der Waals surface area contributed by atoms with Crippen LogP contribution in [0.4, 0.5) is 0 Å². The number of carbonyl (C=O) groups is 1. The summed E-state index contributed by atoms with van der Waals surface area (Å²) in [5.74, 6) is 0.632. The fourth-order valence-electron chi connectivity index (χ4n) is 1.77. The summed E-state index contributed by atoms with van der Waals surface area (Å²) in [5.41, 5.74) is 1.21. The molecular weight excluding hydrogens is 230 g/mol. The Labute approximate surface area is 107 Å². The van der Waals surface area contributed by atoms with E-state index in [0.29, 0.717) is 19.8 Å². The van der Waals surface area contributed by atoms with Crippen LogP contribution in [0.25, 0.3) is 0 Å². The third-order valence-corrected chi connectivity index (χ3v) is 2.97. The Morgan fingerprint density at radius 3 is 2.89 bits per heavy atom. The van der Waals surface area contributed by atoms with Gasteiger partial charge in [0.1, 0.15) is 5.75 Å². The second-order valence-corrected chi connectivity index (χ2v) is 5.19. The third-order valence-electron chi connectivity index (χ3n) is 2.97. The lowest BCUT2D eigenvalue weighted by Gasteiger charge is -2.37. The summed E-state index contributed by atoms with van der Waals surface area (Å²) in [5, 5.41) is 2.87. The zero-order valence-electron chi connectivity index (χ0n) is 10.9. The molecule has 0 spiro atoms. The van der Waals surface area contributed by atoms with Crippen LogP contribution >= 0.6 is 0 Å². The number of hydrogen-bond donors (Lipinski definition) is 1. The highest BCUT2D eigenvalue weighted by atomic mass is 16.5. The van der Waals surface area contributed by atoms with Crippen molar-refractivity contribution in [2.45, 2.75) is 13.8 Å². The van der Waals surface area contributed by atoms with Crippen molar-refractivity contribution in [2.24, 2.45) is 5.41 Å². The van der Waals surface area contributed by atoms with E-state index in [-0.39, 0.29) is 17.9 Å². The second kappa shape index (κ2) is 5.40. The summed E-state index contributed by atoms with van der Waals surface area (Å²) in [4.78, 5) is 11.6. The molecule has 1 aromatic carbocycles. The summed E-state index contributed by atoms with van der Waals surface area (Å²) in [6.45, 7) is 6.21. The third kappa shape index (κ3) is 3.47. The minimum Gasteiger partial charge on any atom is -0.484 e. The van der Waals surface area contributed by atoms with E-state index in [2.05, 4.69) is 12.2 Å². The van der Waals surface area contributed by atoms with Crippen molar-refractivity contribution in [3.8, 4) is 5.75 Å². The molecule has 1 saturated heterocycles. The smallest absolute Gasteiger partial charge is 0.257 e. The van der Waals surface area contributed by atoms with Gasteiger partial charge >= 0.3 is 0 Å². The lowest BCUT2D eigenvalue weighted by molar-refractivity contribution is -0.128. The highest BCUT2D eigenvalue weighted by molar-refractivity contribution is 5.77. The highest BCUT2D eigenvalue weighted by Gasteiger charge is 2.33. The maximum atomic E-state index is 11.6. The molecule has 98 valence electrons. The first-order valence-electron chi connectivity index (χ1n) is 6.11. The predicted molar refractivity (Wildman–Crippen MR) is 68.6 cm³/mol. The number of rotatable bonds is 5. The zero-order valence-corrected chi connectivity index (χ0v) is 10.9. The summed E-state index contributed by atoms with van der Waals surface area (Å²) >= 11 is 0. The molecule has 0 aromatic heterocycles. The average molecular weight is 249 g/mol. The van der Waals surface area contributed by atoms with E-state index >= 15 is 0 Å². The molecule has 1 heterocycles. The first kappa shape index (κ1) is 12.9. The van der Waals surface area contributed by atoms with Gasteiger partial charge in [-0.25, -0.2) is 0 Å². The van der Waals surface area contributed by atoms with Crippen LogP contribution in [0.15, 0.2) is 24.3 Å². The van der Waals surface area contributed by atoms with Crippen LogP contribution in [0, 0.1) is 12.3 Å². The van der Waals surface area contributed by atoms with E-state index in [1.54, 1.807) is 0 Å². The number of nitrogens with one attached hydrogen (secondary N) is 1. The molecule has 0 unspecified atom stereocenters. The van der Waals surface area contributed by atoms with Crippen LogP contribution in [-0.2, 0) is 9.53 Å². The molecule has 0 saturated carbocycles. The van der Waals surface area contributed by atoms with Crippen molar-refractivity contribution >= 4 is 5.91 Å². The molecule has 2 rings (SSSR count).